The molecule has 0 radical (unpaired) electrons. The fourth-order valence-corrected chi connectivity index (χ4v) is 3.11. The molecule has 0 unspecified atom stereocenters. The number of benzene rings is 3. The second kappa shape index (κ2) is 8.49. The molecule has 0 heterocycles. The minimum atomic E-state index is -0.144. The average molecular weight is 394 g/mol. The number of hydrogen-bond acceptors (Lipinski definition) is 2. The van der Waals surface area contributed by atoms with Gasteiger partial charge in [0.1, 0.15) is 12.4 Å². The molecular formula is C24H24ClNO2. The molecule has 0 bridgehead atoms. The zero-order valence-electron chi connectivity index (χ0n) is 16.3. The molecule has 3 aromatic rings. The fourth-order valence-electron chi connectivity index (χ4n) is 2.92. The van der Waals surface area contributed by atoms with E-state index in [1.165, 1.54) is 0 Å². The van der Waals surface area contributed by atoms with Crippen LogP contribution >= 0.6 is 11.6 Å². The van der Waals surface area contributed by atoms with Gasteiger partial charge in [-0.25, -0.2) is 0 Å². The van der Waals surface area contributed by atoms with Gasteiger partial charge in [-0.2, -0.15) is 0 Å². The molecule has 144 valence electrons. The van der Waals surface area contributed by atoms with Crippen LogP contribution < -0.4 is 10.1 Å². The van der Waals surface area contributed by atoms with Crippen LogP contribution in [0.25, 0.3) is 0 Å². The van der Waals surface area contributed by atoms with E-state index in [1.807, 2.05) is 48.5 Å². The van der Waals surface area contributed by atoms with Gasteiger partial charge in [-0.05, 0) is 47.4 Å². The van der Waals surface area contributed by atoms with Crippen LogP contribution in [-0.4, -0.2) is 5.91 Å². The molecule has 3 rings (SSSR count). The summed E-state index contributed by atoms with van der Waals surface area (Å²) in [6.07, 6.45) is 0. The summed E-state index contributed by atoms with van der Waals surface area (Å²) in [6.45, 7) is 6.76. The highest BCUT2D eigenvalue weighted by atomic mass is 35.5. The van der Waals surface area contributed by atoms with Gasteiger partial charge in [-0.15, -0.1) is 0 Å². The normalized spacial score (nSPS) is 11.1. The van der Waals surface area contributed by atoms with Crippen molar-refractivity contribution in [1.82, 2.24) is 0 Å². The van der Waals surface area contributed by atoms with Crippen molar-refractivity contribution in [2.75, 3.05) is 5.32 Å². The number of nitrogens with one attached hydrogen (secondary N) is 1. The van der Waals surface area contributed by atoms with Gasteiger partial charge in [0, 0.05) is 21.8 Å². The molecule has 0 spiro atoms. The molecular weight excluding hydrogens is 370 g/mol. The van der Waals surface area contributed by atoms with Crippen molar-refractivity contribution in [3.05, 3.63) is 94.5 Å². The van der Waals surface area contributed by atoms with Crippen LogP contribution in [0.5, 0.6) is 5.75 Å². The van der Waals surface area contributed by atoms with Crippen LogP contribution in [0.1, 0.15) is 42.3 Å². The first-order valence-electron chi connectivity index (χ1n) is 9.22. The van der Waals surface area contributed by atoms with Crippen molar-refractivity contribution in [3.8, 4) is 5.75 Å². The highest BCUT2D eigenvalue weighted by molar-refractivity contribution is 6.31. The molecule has 0 atom stereocenters. The lowest BCUT2D eigenvalue weighted by Crippen LogP contribution is -2.18. The SMILES string of the molecule is CC(C)(C)c1ccccc1NC(=O)c1ccc(OCc2ccccc2Cl)cc1. The summed E-state index contributed by atoms with van der Waals surface area (Å²) in [5.74, 6) is 0.543. The maximum absolute atomic E-state index is 12.7. The van der Waals surface area contributed by atoms with E-state index in [1.54, 1.807) is 24.3 Å². The summed E-state index contributed by atoms with van der Waals surface area (Å²) in [5, 5.41) is 3.70. The van der Waals surface area contributed by atoms with Crippen molar-refractivity contribution < 1.29 is 9.53 Å². The van der Waals surface area contributed by atoms with Gasteiger partial charge in [-0.1, -0.05) is 68.8 Å². The molecule has 3 aromatic carbocycles. The van der Waals surface area contributed by atoms with Gasteiger partial charge in [-0.3, -0.25) is 4.79 Å². The van der Waals surface area contributed by atoms with E-state index in [4.69, 9.17) is 16.3 Å². The molecule has 4 heteroatoms. The zero-order chi connectivity index (χ0) is 20.1. The predicted octanol–water partition coefficient (Wildman–Crippen LogP) is 6.47. The number of rotatable bonds is 5. The van der Waals surface area contributed by atoms with E-state index in [9.17, 15) is 4.79 Å². The highest BCUT2D eigenvalue weighted by Gasteiger charge is 2.19. The summed E-state index contributed by atoms with van der Waals surface area (Å²) >= 11 is 6.15. The number of ether oxygens (including phenoxy) is 1. The minimum Gasteiger partial charge on any atom is -0.489 e. The molecule has 0 aliphatic rings. The Morgan fingerprint density at radius 3 is 2.25 bits per heavy atom. The summed E-state index contributed by atoms with van der Waals surface area (Å²) in [4.78, 5) is 12.7. The third kappa shape index (κ3) is 4.93. The van der Waals surface area contributed by atoms with Gasteiger partial charge < -0.3 is 10.1 Å². The Hall–Kier alpha value is -2.78. The monoisotopic (exact) mass is 393 g/mol. The van der Waals surface area contributed by atoms with Crippen LogP contribution in [0.2, 0.25) is 5.02 Å². The number of para-hydroxylation sites is 1. The first-order chi connectivity index (χ1) is 13.3. The quantitative estimate of drug-likeness (QED) is 0.539. The number of anilines is 1. The zero-order valence-corrected chi connectivity index (χ0v) is 17.1. The number of halogens is 1. The van der Waals surface area contributed by atoms with Crippen LogP contribution in [0.3, 0.4) is 0 Å². The molecule has 0 fully saturated rings. The number of hydrogen-bond donors (Lipinski definition) is 1. The van der Waals surface area contributed by atoms with Crippen LogP contribution in [0.4, 0.5) is 5.69 Å². The van der Waals surface area contributed by atoms with Crippen molar-refractivity contribution in [1.29, 1.82) is 0 Å². The molecule has 1 N–H and O–H groups in total. The van der Waals surface area contributed by atoms with Crippen molar-refractivity contribution in [3.63, 3.8) is 0 Å². The van der Waals surface area contributed by atoms with E-state index >= 15 is 0 Å². The standard InChI is InChI=1S/C24H24ClNO2/c1-24(2,3)20-9-5-7-11-22(20)26-23(27)17-12-14-19(15-13-17)28-16-18-8-4-6-10-21(18)25/h4-15H,16H2,1-3H3,(H,26,27). The Labute approximate surface area is 171 Å². The van der Waals surface area contributed by atoms with Crippen LogP contribution in [-0.2, 0) is 12.0 Å². The molecule has 1 amide bonds. The first-order valence-corrected chi connectivity index (χ1v) is 9.59. The van der Waals surface area contributed by atoms with Gasteiger partial charge in [0.15, 0.2) is 0 Å². The van der Waals surface area contributed by atoms with Gasteiger partial charge >= 0.3 is 0 Å². The molecule has 0 saturated carbocycles. The molecule has 0 aromatic heterocycles. The average Bonchev–Trinajstić information content (AvgIpc) is 2.67. The maximum Gasteiger partial charge on any atom is 0.255 e. The minimum absolute atomic E-state index is 0.0553. The molecule has 0 aliphatic carbocycles. The van der Waals surface area contributed by atoms with E-state index in [0.717, 1.165) is 16.8 Å². The number of amides is 1. The first kappa shape index (κ1) is 20.0. The van der Waals surface area contributed by atoms with Crippen molar-refractivity contribution in [2.45, 2.75) is 32.8 Å². The Morgan fingerprint density at radius 2 is 1.57 bits per heavy atom. The lowest BCUT2D eigenvalue weighted by molar-refractivity contribution is 0.102. The maximum atomic E-state index is 12.7. The summed E-state index contributed by atoms with van der Waals surface area (Å²) in [5.41, 5.74) is 3.38. The smallest absolute Gasteiger partial charge is 0.255 e. The van der Waals surface area contributed by atoms with Gasteiger partial charge in [0.25, 0.3) is 5.91 Å². The second-order valence-electron chi connectivity index (χ2n) is 7.65. The highest BCUT2D eigenvalue weighted by Crippen LogP contribution is 2.29. The summed E-state index contributed by atoms with van der Waals surface area (Å²) in [7, 11) is 0. The Morgan fingerprint density at radius 1 is 0.929 bits per heavy atom. The van der Waals surface area contributed by atoms with Gasteiger partial charge in [0.2, 0.25) is 0 Å². The van der Waals surface area contributed by atoms with Crippen LogP contribution in [0, 0.1) is 0 Å². The molecule has 28 heavy (non-hydrogen) atoms. The lowest BCUT2D eigenvalue weighted by atomic mass is 9.86. The number of carbonyl (C=O) groups excluding carboxylic acids is 1. The van der Waals surface area contributed by atoms with Crippen molar-refractivity contribution in [2.24, 2.45) is 0 Å². The molecule has 0 aliphatic heterocycles. The fraction of sp³-hybridized carbons (Fsp3) is 0.208. The largest absolute Gasteiger partial charge is 0.489 e. The Balaban J connectivity index is 1.67. The van der Waals surface area contributed by atoms with Crippen molar-refractivity contribution >= 4 is 23.2 Å². The van der Waals surface area contributed by atoms with Gasteiger partial charge in [0.05, 0.1) is 0 Å². The van der Waals surface area contributed by atoms with Crippen LogP contribution in [0.15, 0.2) is 72.8 Å². The van der Waals surface area contributed by atoms with E-state index in [0.29, 0.717) is 22.9 Å². The van der Waals surface area contributed by atoms with E-state index in [-0.39, 0.29) is 11.3 Å². The molecule has 3 nitrogen and oxygen atoms in total. The molecule has 0 saturated heterocycles. The van der Waals surface area contributed by atoms with E-state index < -0.39 is 0 Å². The van der Waals surface area contributed by atoms with E-state index in [2.05, 4.69) is 26.1 Å². The summed E-state index contributed by atoms with van der Waals surface area (Å²) in [6, 6.07) is 22.6. The Bertz CT molecular complexity index is 959. The topological polar surface area (TPSA) is 38.3 Å². The summed E-state index contributed by atoms with van der Waals surface area (Å²) < 4.78 is 5.77. The third-order valence-corrected chi connectivity index (χ3v) is 4.82. The third-order valence-electron chi connectivity index (χ3n) is 4.45. The number of carbonyl (C=O) groups is 1. The Kier molecular flexibility index (Phi) is 6.05. The second-order valence-corrected chi connectivity index (χ2v) is 8.06. The predicted molar refractivity (Wildman–Crippen MR) is 115 cm³/mol. The lowest BCUT2D eigenvalue weighted by Gasteiger charge is -2.23.